The number of aromatic hydroxyl groups is 2. The van der Waals surface area contributed by atoms with Crippen LogP contribution in [0.2, 0.25) is 0 Å². The van der Waals surface area contributed by atoms with Crippen molar-refractivity contribution in [2.75, 3.05) is 19.8 Å². The monoisotopic (exact) mass is 339 g/mol. The second kappa shape index (κ2) is 6.08. The SMILES string of the molecule is O=C(c1ccc(O)cc1O)N1CC2(CCOCC2)[C@@H]1c1ccccc1. The largest absolute Gasteiger partial charge is 0.508 e. The van der Waals surface area contributed by atoms with Gasteiger partial charge in [0.1, 0.15) is 11.5 Å². The van der Waals surface area contributed by atoms with E-state index in [1.807, 2.05) is 23.1 Å². The number of ether oxygens (including phenoxy) is 1. The highest BCUT2D eigenvalue weighted by Gasteiger charge is 2.55. The molecule has 0 aliphatic carbocycles. The molecule has 1 atom stereocenters. The predicted octanol–water partition coefficient (Wildman–Crippen LogP) is 3.09. The van der Waals surface area contributed by atoms with E-state index >= 15 is 0 Å². The number of phenolic OH excluding ortho intramolecular Hbond substituents is 2. The van der Waals surface area contributed by atoms with E-state index in [0.29, 0.717) is 6.54 Å². The number of likely N-dealkylation sites (tertiary alicyclic amines) is 1. The minimum Gasteiger partial charge on any atom is -0.508 e. The number of benzene rings is 2. The minimum absolute atomic E-state index is 0.0155. The van der Waals surface area contributed by atoms with Crippen LogP contribution < -0.4 is 0 Å². The van der Waals surface area contributed by atoms with Crippen molar-refractivity contribution in [3.05, 3.63) is 59.7 Å². The van der Waals surface area contributed by atoms with Crippen molar-refractivity contribution in [2.45, 2.75) is 18.9 Å². The molecule has 0 aromatic heterocycles. The molecule has 0 bridgehead atoms. The number of rotatable bonds is 2. The van der Waals surface area contributed by atoms with Gasteiger partial charge in [0.05, 0.1) is 11.6 Å². The summed E-state index contributed by atoms with van der Waals surface area (Å²) in [5.41, 5.74) is 1.38. The molecular formula is C20H21NO4. The maximum Gasteiger partial charge on any atom is 0.258 e. The Hall–Kier alpha value is -2.53. The molecule has 2 heterocycles. The maximum absolute atomic E-state index is 13.0. The number of carbonyl (C=O) groups excluding carboxylic acids is 1. The molecular weight excluding hydrogens is 318 g/mol. The number of carbonyl (C=O) groups is 1. The molecule has 2 aromatic carbocycles. The van der Waals surface area contributed by atoms with E-state index in [-0.39, 0.29) is 34.4 Å². The molecule has 25 heavy (non-hydrogen) atoms. The normalized spacial score (nSPS) is 21.8. The molecule has 5 nitrogen and oxygen atoms in total. The Morgan fingerprint density at radius 1 is 1.08 bits per heavy atom. The fourth-order valence-corrected chi connectivity index (χ4v) is 4.16. The number of nitrogens with zero attached hydrogens (tertiary/aromatic N) is 1. The van der Waals surface area contributed by atoms with Crippen LogP contribution in [0.5, 0.6) is 11.5 Å². The summed E-state index contributed by atoms with van der Waals surface area (Å²) >= 11 is 0. The fraction of sp³-hybridized carbons (Fsp3) is 0.350. The Bertz CT molecular complexity index is 784. The zero-order valence-electron chi connectivity index (χ0n) is 13.9. The highest BCUT2D eigenvalue weighted by Crippen LogP contribution is 2.55. The van der Waals surface area contributed by atoms with E-state index in [1.54, 1.807) is 0 Å². The van der Waals surface area contributed by atoms with Gasteiger partial charge in [-0.3, -0.25) is 4.79 Å². The Labute approximate surface area is 146 Å². The van der Waals surface area contributed by atoms with Gasteiger partial charge in [-0.1, -0.05) is 30.3 Å². The summed E-state index contributed by atoms with van der Waals surface area (Å²) in [6, 6.07) is 14.1. The highest BCUT2D eigenvalue weighted by atomic mass is 16.5. The topological polar surface area (TPSA) is 70.0 Å². The lowest BCUT2D eigenvalue weighted by atomic mass is 9.64. The number of amides is 1. The van der Waals surface area contributed by atoms with Crippen LogP contribution in [0.25, 0.3) is 0 Å². The number of hydrogen-bond acceptors (Lipinski definition) is 4. The van der Waals surface area contributed by atoms with E-state index in [1.165, 1.54) is 18.2 Å². The van der Waals surface area contributed by atoms with Crippen molar-refractivity contribution < 1.29 is 19.7 Å². The van der Waals surface area contributed by atoms with Gasteiger partial charge in [-0.25, -0.2) is 0 Å². The van der Waals surface area contributed by atoms with Gasteiger partial charge in [-0.05, 0) is 30.5 Å². The second-order valence-corrected chi connectivity index (χ2v) is 6.92. The Morgan fingerprint density at radius 3 is 2.48 bits per heavy atom. The number of hydrogen-bond donors (Lipinski definition) is 2. The van der Waals surface area contributed by atoms with Gasteiger partial charge < -0.3 is 19.8 Å². The maximum atomic E-state index is 13.0. The molecule has 2 aliphatic rings. The average molecular weight is 339 g/mol. The highest BCUT2D eigenvalue weighted by molar-refractivity contribution is 5.98. The first-order valence-electron chi connectivity index (χ1n) is 8.56. The van der Waals surface area contributed by atoms with Gasteiger partial charge in [-0.15, -0.1) is 0 Å². The predicted molar refractivity (Wildman–Crippen MR) is 92.5 cm³/mol. The molecule has 2 aromatic rings. The summed E-state index contributed by atoms with van der Waals surface area (Å²) in [5.74, 6) is -0.452. The molecule has 2 N–H and O–H groups in total. The second-order valence-electron chi connectivity index (χ2n) is 6.92. The van der Waals surface area contributed by atoms with Gasteiger partial charge in [0, 0.05) is 31.2 Å². The molecule has 4 rings (SSSR count). The van der Waals surface area contributed by atoms with E-state index < -0.39 is 0 Å². The van der Waals surface area contributed by atoms with Gasteiger partial charge in [0.2, 0.25) is 0 Å². The Morgan fingerprint density at radius 2 is 1.80 bits per heavy atom. The van der Waals surface area contributed by atoms with Crippen molar-refractivity contribution in [1.29, 1.82) is 0 Å². The van der Waals surface area contributed by atoms with Crippen LogP contribution in [0, 0.1) is 5.41 Å². The van der Waals surface area contributed by atoms with Crippen molar-refractivity contribution in [3.8, 4) is 11.5 Å². The van der Waals surface area contributed by atoms with Gasteiger partial charge >= 0.3 is 0 Å². The van der Waals surface area contributed by atoms with Crippen LogP contribution in [0.3, 0.4) is 0 Å². The van der Waals surface area contributed by atoms with E-state index in [9.17, 15) is 15.0 Å². The first-order chi connectivity index (χ1) is 12.1. The first kappa shape index (κ1) is 16.0. The summed E-state index contributed by atoms with van der Waals surface area (Å²) in [5, 5.41) is 19.5. The molecule has 2 fully saturated rings. The van der Waals surface area contributed by atoms with Crippen LogP contribution in [0.1, 0.15) is 34.8 Å². The van der Waals surface area contributed by atoms with E-state index in [0.717, 1.165) is 31.6 Å². The molecule has 0 unspecified atom stereocenters. The van der Waals surface area contributed by atoms with Crippen LogP contribution in [0.15, 0.2) is 48.5 Å². The summed E-state index contributed by atoms with van der Waals surface area (Å²) < 4.78 is 5.53. The third-order valence-corrected chi connectivity index (χ3v) is 5.45. The summed E-state index contributed by atoms with van der Waals surface area (Å²) in [6.45, 7) is 2.10. The Balaban J connectivity index is 1.68. The molecule has 130 valence electrons. The van der Waals surface area contributed by atoms with Crippen molar-refractivity contribution in [3.63, 3.8) is 0 Å². The molecule has 2 aliphatic heterocycles. The van der Waals surface area contributed by atoms with Gasteiger partial charge in [0.15, 0.2) is 0 Å². The molecule has 0 radical (unpaired) electrons. The average Bonchev–Trinajstić information content (AvgIpc) is 2.61. The molecule has 0 saturated carbocycles. The fourth-order valence-electron chi connectivity index (χ4n) is 4.16. The first-order valence-corrected chi connectivity index (χ1v) is 8.56. The lowest BCUT2D eigenvalue weighted by molar-refractivity contribution is -0.115. The standard InChI is InChI=1S/C20H21NO4/c22-15-6-7-16(17(23)12-15)19(24)21-13-20(8-10-25-11-9-20)18(21)14-4-2-1-3-5-14/h1-7,12,18,22-23H,8-11,13H2/t18-/m0/s1. The zero-order chi connectivity index (χ0) is 17.4. The minimum atomic E-state index is -0.205. The van der Waals surface area contributed by atoms with Crippen molar-refractivity contribution >= 4 is 5.91 Å². The van der Waals surface area contributed by atoms with Crippen LogP contribution in [-0.2, 0) is 4.74 Å². The lowest BCUT2D eigenvalue weighted by Crippen LogP contribution is -2.62. The quantitative estimate of drug-likeness (QED) is 0.882. The lowest BCUT2D eigenvalue weighted by Gasteiger charge is -2.59. The summed E-state index contributed by atoms with van der Waals surface area (Å²) in [7, 11) is 0. The van der Waals surface area contributed by atoms with E-state index in [4.69, 9.17) is 4.74 Å². The summed E-state index contributed by atoms with van der Waals surface area (Å²) in [6.07, 6.45) is 1.86. The van der Waals surface area contributed by atoms with Crippen molar-refractivity contribution in [2.24, 2.45) is 5.41 Å². The van der Waals surface area contributed by atoms with E-state index in [2.05, 4.69) is 12.1 Å². The van der Waals surface area contributed by atoms with Crippen LogP contribution in [0.4, 0.5) is 0 Å². The smallest absolute Gasteiger partial charge is 0.258 e. The van der Waals surface area contributed by atoms with Crippen molar-refractivity contribution in [1.82, 2.24) is 4.90 Å². The van der Waals surface area contributed by atoms with Crippen LogP contribution in [-0.4, -0.2) is 40.8 Å². The number of phenols is 2. The van der Waals surface area contributed by atoms with Crippen LogP contribution >= 0.6 is 0 Å². The molecule has 5 heteroatoms. The third-order valence-electron chi connectivity index (χ3n) is 5.45. The molecule has 1 amide bonds. The van der Waals surface area contributed by atoms with Gasteiger partial charge in [-0.2, -0.15) is 0 Å². The third kappa shape index (κ3) is 2.65. The zero-order valence-corrected chi connectivity index (χ0v) is 13.9. The van der Waals surface area contributed by atoms with Gasteiger partial charge in [0.25, 0.3) is 5.91 Å². The molecule has 1 spiro atoms. The Kier molecular flexibility index (Phi) is 3.88. The summed E-state index contributed by atoms with van der Waals surface area (Å²) in [4.78, 5) is 14.8. The molecule has 2 saturated heterocycles.